The number of carbonyl (C=O) groups excluding carboxylic acids is 1. The van der Waals surface area contributed by atoms with Crippen LogP contribution >= 0.6 is 12.0 Å². The first-order chi connectivity index (χ1) is 4.16. The van der Waals surface area contributed by atoms with Crippen LogP contribution in [-0.2, 0) is 9.02 Å². The normalized spacial score (nSPS) is 9.78. The molecule has 0 atom stereocenters. The van der Waals surface area contributed by atoms with Gasteiger partial charge >= 0.3 is 5.30 Å². The zero-order valence-electron chi connectivity index (χ0n) is 5.58. The van der Waals surface area contributed by atoms with Crippen molar-refractivity contribution in [1.29, 1.82) is 0 Å². The van der Waals surface area contributed by atoms with E-state index >= 15 is 0 Å². The first-order valence-corrected chi connectivity index (χ1v) is 3.01. The fourth-order valence-electron chi connectivity index (χ4n) is 0.232. The van der Waals surface area contributed by atoms with Crippen molar-refractivity contribution in [2.45, 2.75) is 0 Å². The molecule has 0 aliphatic carbocycles. The topological polar surface area (TPSA) is 38.8 Å². The summed E-state index contributed by atoms with van der Waals surface area (Å²) in [6.45, 7) is 0. The van der Waals surface area contributed by atoms with Crippen molar-refractivity contribution in [3.05, 3.63) is 0 Å². The highest BCUT2D eigenvalue weighted by Crippen LogP contribution is 2.04. The molecule has 54 valence electrons. The monoisotopic (exact) mass is 151 g/mol. The zero-order valence-corrected chi connectivity index (χ0v) is 6.40. The lowest BCUT2D eigenvalue weighted by atomic mass is 11.2. The van der Waals surface area contributed by atoms with E-state index in [0.29, 0.717) is 12.0 Å². The summed E-state index contributed by atoms with van der Waals surface area (Å²) in [7, 11) is 4.64. The number of hydroxylamine groups is 2. The summed E-state index contributed by atoms with van der Waals surface area (Å²) >= 11 is 0.657. The third kappa shape index (κ3) is 5.61. The minimum atomic E-state index is -0.470. The van der Waals surface area contributed by atoms with Gasteiger partial charge in [-0.2, -0.15) is 0 Å². The van der Waals surface area contributed by atoms with Gasteiger partial charge in [0.15, 0.2) is 0 Å². The molecular weight excluding hydrogens is 142 g/mol. The highest BCUT2D eigenvalue weighted by molar-refractivity contribution is 8.09. The summed E-state index contributed by atoms with van der Waals surface area (Å²) in [5.41, 5.74) is 0. The molecule has 0 heterocycles. The Labute approximate surface area is 58.3 Å². The lowest BCUT2D eigenvalue weighted by Crippen LogP contribution is -2.14. The van der Waals surface area contributed by atoms with Crippen LogP contribution in [0.4, 0.5) is 4.79 Å². The predicted octanol–water partition coefficient (Wildman–Crippen LogP) is 0.894. The third-order valence-electron chi connectivity index (χ3n) is 0.408. The van der Waals surface area contributed by atoms with E-state index in [9.17, 15) is 4.79 Å². The summed E-state index contributed by atoms with van der Waals surface area (Å²) in [5, 5.41) is 0.830. The maximum atomic E-state index is 10.4. The lowest BCUT2D eigenvalue weighted by molar-refractivity contribution is -0.0406. The van der Waals surface area contributed by atoms with Crippen molar-refractivity contribution >= 4 is 17.3 Å². The maximum Gasteiger partial charge on any atom is 0.413 e. The Morgan fingerprint density at radius 3 is 2.44 bits per heavy atom. The van der Waals surface area contributed by atoms with Crippen LogP contribution in [-0.4, -0.2) is 31.6 Å². The van der Waals surface area contributed by atoms with Crippen LogP contribution < -0.4 is 0 Å². The minimum absolute atomic E-state index is 0.470. The molecule has 5 heteroatoms. The van der Waals surface area contributed by atoms with Gasteiger partial charge in [0.05, 0.1) is 7.11 Å². The van der Waals surface area contributed by atoms with Crippen LogP contribution in [0.5, 0.6) is 0 Å². The second-order valence-corrected chi connectivity index (χ2v) is 2.24. The molecule has 4 nitrogen and oxygen atoms in total. The number of hydrogen-bond acceptors (Lipinski definition) is 5. The Morgan fingerprint density at radius 2 is 2.11 bits per heavy atom. The molecule has 0 aliphatic rings. The Balaban J connectivity index is 3.27. The molecule has 0 unspecified atom stereocenters. The van der Waals surface area contributed by atoms with Crippen LogP contribution in [0.15, 0.2) is 0 Å². The Morgan fingerprint density at radius 1 is 1.56 bits per heavy atom. The van der Waals surface area contributed by atoms with Gasteiger partial charge in [-0.15, -0.1) is 5.06 Å². The molecule has 0 rings (SSSR count). The van der Waals surface area contributed by atoms with Crippen LogP contribution in [0.2, 0.25) is 0 Å². The van der Waals surface area contributed by atoms with Gasteiger partial charge in [0.1, 0.15) is 12.0 Å². The van der Waals surface area contributed by atoms with Crippen molar-refractivity contribution in [1.82, 2.24) is 5.06 Å². The van der Waals surface area contributed by atoms with Gasteiger partial charge in [-0.1, -0.05) is 0 Å². The van der Waals surface area contributed by atoms with E-state index in [0.717, 1.165) is 0 Å². The molecule has 0 fully saturated rings. The van der Waals surface area contributed by atoms with Crippen molar-refractivity contribution in [3.63, 3.8) is 0 Å². The fourth-order valence-corrected chi connectivity index (χ4v) is 0.548. The number of hydrogen-bond donors (Lipinski definition) is 0. The first-order valence-electron chi connectivity index (χ1n) is 2.26. The van der Waals surface area contributed by atoms with E-state index < -0.39 is 5.30 Å². The number of nitrogens with zero attached hydrogens (tertiary/aromatic N) is 1. The van der Waals surface area contributed by atoms with E-state index in [1.165, 1.54) is 12.2 Å². The molecule has 0 aliphatic heterocycles. The van der Waals surface area contributed by atoms with Crippen LogP contribution in [0.3, 0.4) is 0 Å². The standard InChI is InChI=1S/C4H9NO3S/c1-5(2)8-4(6)9-7-3/h1-3H3. The van der Waals surface area contributed by atoms with E-state index in [4.69, 9.17) is 0 Å². The summed E-state index contributed by atoms with van der Waals surface area (Å²) in [4.78, 5) is 15.0. The predicted molar refractivity (Wildman–Crippen MR) is 34.8 cm³/mol. The largest absolute Gasteiger partial charge is 0.413 e. The average molecular weight is 151 g/mol. The van der Waals surface area contributed by atoms with E-state index in [1.807, 2.05) is 0 Å². The van der Waals surface area contributed by atoms with Crippen LogP contribution in [0.25, 0.3) is 0 Å². The molecule has 0 radical (unpaired) electrons. The Kier molecular flexibility index (Phi) is 4.47. The summed E-state index contributed by atoms with van der Waals surface area (Å²) in [5.74, 6) is 0. The van der Waals surface area contributed by atoms with Crippen LogP contribution in [0, 0.1) is 0 Å². The van der Waals surface area contributed by atoms with E-state index in [2.05, 4.69) is 9.02 Å². The molecule has 0 amide bonds. The van der Waals surface area contributed by atoms with Crippen molar-refractivity contribution < 1.29 is 13.8 Å². The van der Waals surface area contributed by atoms with Crippen molar-refractivity contribution in [2.75, 3.05) is 21.2 Å². The summed E-state index contributed by atoms with van der Waals surface area (Å²) in [6.07, 6.45) is 0. The Hall–Kier alpha value is -0.260. The van der Waals surface area contributed by atoms with Crippen molar-refractivity contribution in [3.8, 4) is 0 Å². The minimum Gasteiger partial charge on any atom is -0.358 e. The molecule has 0 saturated heterocycles. The highest BCUT2D eigenvalue weighted by atomic mass is 32.2. The molecule has 0 N–H and O–H groups in total. The second kappa shape index (κ2) is 4.60. The average Bonchev–Trinajstić information content (AvgIpc) is 1.63. The number of rotatable bonds is 2. The molecule has 0 aromatic heterocycles. The summed E-state index contributed by atoms with van der Waals surface area (Å²) < 4.78 is 4.42. The Bertz CT molecular complexity index is 95.8. The van der Waals surface area contributed by atoms with Gasteiger partial charge < -0.3 is 9.02 Å². The van der Waals surface area contributed by atoms with E-state index in [1.54, 1.807) is 14.1 Å². The second-order valence-electron chi connectivity index (χ2n) is 1.40. The SMILES string of the molecule is COSC(=O)ON(C)C. The molecule has 0 aromatic carbocycles. The van der Waals surface area contributed by atoms with E-state index in [-0.39, 0.29) is 0 Å². The zero-order chi connectivity index (χ0) is 7.28. The van der Waals surface area contributed by atoms with Gasteiger partial charge in [-0.25, -0.2) is 4.79 Å². The van der Waals surface area contributed by atoms with Gasteiger partial charge in [-0.3, -0.25) is 0 Å². The maximum absolute atomic E-state index is 10.4. The van der Waals surface area contributed by atoms with Crippen LogP contribution in [0.1, 0.15) is 0 Å². The smallest absolute Gasteiger partial charge is 0.358 e. The van der Waals surface area contributed by atoms with Gasteiger partial charge in [-0.05, 0) is 0 Å². The molecule has 0 saturated carbocycles. The quantitative estimate of drug-likeness (QED) is 0.433. The van der Waals surface area contributed by atoms with Crippen molar-refractivity contribution in [2.24, 2.45) is 0 Å². The fraction of sp³-hybridized carbons (Fsp3) is 0.750. The molecular formula is C4H9NO3S. The van der Waals surface area contributed by atoms with Gasteiger partial charge in [0, 0.05) is 14.1 Å². The number of carbonyl (C=O) groups is 1. The molecule has 0 bridgehead atoms. The molecule has 0 spiro atoms. The highest BCUT2D eigenvalue weighted by Gasteiger charge is 2.03. The van der Waals surface area contributed by atoms with Gasteiger partial charge in [0.25, 0.3) is 0 Å². The third-order valence-corrected chi connectivity index (χ3v) is 0.786. The first kappa shape index (κ1) is 8.74. The molecule has 0 aromatic rings. The van der Waals surface area contributed by atoms with Gasteiger partial charge in [0.2, 0.25) is 0 Å². The lowest BCUT2D eigenvalue weighted by Gasteiger charge is -2.06. The summed E-state index contributed by atoms with van der Waals surface area (Å²) in [6, 6.07) is 0. The molecule has 9 heavy (non-hydrogen) atoms.